The Morgan fingerprint density at radius 3 is 2.38 bits per heavy atom. The zero-order valence-electron chi connectivity index (χ0n) is 13.4. The predicted octanol–water partition coefficient (Wildman–Crippen LogP) is 2.91. The third-order valence-corrected chi connectivity index (χ3v) is 3.40. The fourth-order valence-electron chi connectivity index (χ4n) is 2.00. The van der Waals surface area contributed by atoms with Crippen LogP contribution in [-0.2, 0) is 9.47 Å². The lowest BCUT2D eigenvalue weighted by molar-refractivity contribution is 0.0246. The van der Waals surface area contributed by atoms with Crippen molar-refractivity contribution >= 4 is 0 Å². The number of aryl methyl sites for hydroxylation is 1. The van der Waals surface area contributed by atoms with Gasteiger partial charge in [0.1, 0.15) is 12.4 Å². The molecule has 1 N–H and O–H groups in total. The topological polar surface area (TPSA) is 47.9 Å². The maximum Gasteiger partial charge on any atom is 0.122 e. The van der Waals surface area contributed by atoms with Crippen molar-refractivity contribution in [3.8, 4) is 5.75 Å². The van der Waals surface area contributed by atoms with E-state index in [4.69, 9.17) is 19.3 Å². The van der Waals surface area contributed by atoms with E-state index < -0.39 is 0 Å². The molecule has 0 fully saturated rings. The second-order valence-electron chi connectivity index (χ2n) is 5.15. The molecule has 1 atom stereocenters. The van der Waals surface area contributed by atoms with E-state index in [1.165, 1.54) is 11.1 Å². The Kier molecular flexibility index (Phi) is 9.06. The van der Waals surface area contributed by atoms with Crippen LogP contribution in [0.4, 0.5) is 0 Å². The fourth-order valence-corrected chi connectivity index (χ4v) is 2.00. The molecule has 0 aliphatic carbocycles. The van der Waals surface area contributed by atoms with Crippen molar-refractivity contribution in [2.24, 2.45) is 0 Å². The quantitative estimate of drug-likeness (QED) is 0.638. The molecule has 120 valence electrons. The van der Waals surface area contributed by atoms with E-state index >= 15 is 0 Å². The minimum atomic E-state index is 0.0505. The van der Waals surface area contributed by atoms with Gasteiger partial charge in [-0.3, -0.25) is 0 Å². The van der Waals surface area contributed by atoms with E-state index in [2.05, 4.69) is 32.9 Å². The van der Waals surface area contributed by atoms with Crippen LogP contribution in [0, 0.1) is 6.92 Å². The first kappa shape index (κ1) is 18.0. The van der Waals surface area contributed by atoms with Crippen LogP contribution in [-0.4, -0.2) is 44.7 Å². The molecule has 0 spiro atoms. The van der Waals surface area contributed by atoms with Crippen molar-refractivity contribution in [2.75, 3.05) is 39.6 Å². The smallest absolute Gasteiger partial charge is 0.122 e. The molecule has 0 saturated carbocycles. The van der Waals surface area contributed by atoms with Gasteiger partial charge in [-0.1, -0.05) is 31.5 Å². The van der Waals surface area contributed by atoms with E-state index in [1.54, 1.807) is 0 Å². The monoisotopic (exact) mass is 296 g/mol. The Hall–Kier alpha value is -1.10. The number of aliphatic hydroxyl groups is 1. The van der Waals surface area contributed by atoms with Gasteiger partial charge in [-0.05, 0) is 30.9 Å². The number of hydrogen-bond donors (Lipinski definition) is 1. The van der Waals surface area contributed by atoms with Gasteiger partial charge in [-0.15, -0.1) is 0 Å². The Morgan fingerprint density at radius 1 is 1.05 bits per heavy atom. The number of hydrogen-bond acceptors (Lipinski definition) is 4. The summed E-state index contributed by atoms with van der Waals surface area (Å²) in [5.74, 6) is 1.45. The standard InChI is InChI=1S/C17H28O4/c1-4-15(3)16-13-14(2)5-6-17(16)21-12-11-20-10-9-19-8-7-18/h5-6,13,15,18H,4,7-12H2,1-3H3. The van der Waals surface area contributed by atoms with E-state index in [9.17, 15) is 0 Å². The molecule has 0 bridgehead atoms. The highest BCUT2D eigenvalue weighted by Gasteiger charge is 2.10. The highest BCUT2D eigenvalue weighted by atomic mass is 16.5. The van der Waals surface area contributed by atoms with Gasteiger partial charge in [-0.2, -0.15) is 0 Å². The van der Waals surface area contributed by atoms with Gasteiger partial charge < -0.3 is 19.3 Å². The zero-order valence-corrected chi connectivity index (χ0v) is 13.4. The molecule has 0 heterocycles. The van der Waals surface area contributed by atoms with Gasteiger partial charge in [0.15, 0.2) is 0 Å². The molecule has 21 heavy (non-hydrogen) atoms. The van der Waals surface area contributed by atoms with Crippen molar-refractivity contribution < 1.29 is 19.3 Å². The Morgan fingerprint density at radius 2 is 1.71 bits per heavy atom. The van der Waals surface area contributed by atoms with Crippen LogP contribution >= 0.6 is 0 Å². The van der Waals surface area contributed by atoms with Crippen molar-refractivity contribution in [2.45, 2.75) is 33.1 Å². The summed E-state index contributed by atoms with van der Waals surface area (Å²) in [6.45, 7) is 9.02. The number of benzene rings is 1. The number of rotatable bonds is 11. The lowest BCUT2D eigenvalue weighted by Gasteiger charge is -2.16. The van der Waals surface area contributed by atoms with Crippen LogP contribution in [0.5, 0.6) is 5.75 Å². The van der Waals surface area contributed by atoms with Crippen molar-refractivity contribution in [3.05, 3.63) is 29.3 Å². The molecule has 1 aromatic rings. The zero-order chi connectivity index (χ0) is 15.5. The van der Waals surface area contributed by atoms with Crippen LogP contribution < -0.4 is 4.74 Å². The molecule has 0 saturated heterocycles. The highest BCUT2D eigenvalue weighted by molar-refractivity contribution is 5.39. The van der Waals surface area contributed by atoms with E-state index in [0.717, 1.165) is 12.2 Å². The highest BCUT2D eigenvalue weighted by Crippen LogP contribution is 2.29. The first-order valence-corrected chi connectivity index (χ1v) is 7.68. The summed E-state index contributed by atoms with van der Waals surface area (Å²) in [5, 5.41) is 8.56. The average Bonchev–Trinajstić information content (AvgIpc) is 2.50. The molecule has 4 nitrogen and oxygen atoms in total. The normalized spacial score (nSPS) is 12.4. The van der Waals surface area contributed by atoms with Crippen LogP contribution in [0.3, 0.4) is 0 Å². The fraction of sp³-hybridized carbons (Fsp3) is 0.647. The second-order valence-corrected chi connectivity index (χ2v) is 5.15. The van der Waals surface area contributed by atoms with Gasteiger partial charge in [0.2, 0.25) is 0 Å². The van der Waals surface area contributed by atoms with Gasteiger partial charge in [0, 0.05) is 0 Å². The summed E-state index contributed by atoms with van der Waals surface area (Å²) in [6.07, 6.45) is 1.10. The molecule has 0 amide bonds. The first-order valence-electron chi connectivity index (χ1n) is 7.68. The number of aliphatic hydroxyl groups excluding tert-OH is 1. The molecular formula is C17H28O4. The second kappa shape index (κ2) is 10.6. The average molecular weight is 296 g/mol. The Bertz CT molecular complexity index is 392. The predicted molar refractivity (Wildman–Crippen MR) is 84.1 cm³/mol. The molecule has 0 aliphatic heterocycles. The summed E-state index contributed by atoms with van der Waals surface area (Å²) in [6, 6.07) is 6.32. The molecule has 0 aromatic heterocycles. The lowest BCUT2D eigenvalue weighted by Crippen LogP contribution is -2.12. The van der Waals surface area contributed by atoms with Crippen LogP contribution in [0.2, 0.25) is 0 Å². The molecule has 1 rings (SSSR count). The molecule has 4 heteroatoms. The van der Waals surface area contributed by atoms with Crippen LogP contribution in [0.15, 0.2) is 18.2 Å². The SMILES string of the molecule is CCC(C)c1cc(C)ccc1OCCOCCOCCO. The first-order chi connectivity index (χ1) is 10.2. The summed E-state index contributed by atoms with van der Waals surface area (Å²) in [7, 11) is 0. The van der Waals surface area contributed by atoms with Gasteiger partial charge in [0.25, 0.3) is 0 Å². The maximum atomic E-state index is 8.56. The Balaban J connectivity index is 2.31. The van der Waals surface area contributed by atoms with Gasteiger partial charge >= 0.3 is 0 Å². The molecule has 0 radical (unpaired) electrons. The molecule has 1 unspecified atom stereocenters. The largest absolute Gasteiger partial charge is 0.491 e. The van der Waals surface area contributed by atoms with E-state index in [1.807, 2.05) is 6.07 Å². The van der Waals surface area contributed by atoms with Crippen LogP contribution in [0.25, 0.3) is 0 Å². The minimum Gasteiger partial charge on any atom is -0.491 e. The van der Waals surface area contributed by atoms with E-state index in [-0.39, 0.29) is 6.61 Å². The molecule has 0 aliphatic rings. The van der Waals surface area contributed by atoms with E-state index in [0.29, 0.717) is 39.0 Å². The van der Waals surface area contributed by atoms with Crippen molar-refractivity contribution in [3.63, 3.8) is 0 Å². The Labute approximate surface area is 128 Å². The summed E-state index contributed by atoms with van der Waals surface area (Å²) in [5.41, 5.74) is 2.53. The van der Waals surface area contributed by atoms with Crippen molar-refractivity contribution in [1.29, 1.82) is 0 Å². The summed E-state index contributed by atoms with van der Waals surface area (Å²) >= 11 is 0. The van der Waals surface area contributed by atoms with Gasteiger partial charge in [0.05, 0.1) is 33.0 Å². The maximum absolute atomic E-state index is 8.56. The van der Waals surface area contributed by atoms with Crippen LogP contribution in [0.1, 0.15) is 37.3 Å². The third-order valence-electron chi connectivity index (χ3n) is 3.40. The van der Waals surface area contributed by atoms with Crippen molar-refractivity contribution in [1.82, 2.24) is 0 Å². The lowest BCUT2D eigenvalue weighted by atomic mass is 9.96. The number of ether oxygens (including phenoxy) is 3. The van der Waals surface area contributed by atoms with Gasteiger partial charge in [-0.25, -0.2) is 0 Å². The summed E-state index contributed by atoms with van der Waals surface area (Å²) in [4.78, 5) is 0. The summed E-state index contributed by atoms with van der Waals surface area (Å²) < 4.78 is 16.4. The molecule has 1 aromatic carbocycles. The third kappa shape index (κ3) is 6.93. The molecular weight excluding hydrogens is 268 g/mol. The minimum absolute atomic E-state index is 0.0505.